The summed E-state index contributed by atoms with van der Waals surface area (Å²) in [5.74, 6) is -0.119. The molecule has 3 aromatic carbocycles. The third kappa shape index (κ3) is 6.25. The second kappa shape index (κ2) is 13.5. The fraction of sp³-hybridized carbons (Fsp3) is 0.243. The van der Waals surface area contributed by atoms with E-state index in [0.717, 1.165) is 26.5 Å². The number of aliphatic hydroxyl groups is 1. The van der Waals surface area contributed by atoms with Crippen molar-refractivity contribution in [1.82, 2.24) is 39.1 Å². The molecule has 0 aliphatic carbocycles. The van der Waals surface area contributed by atoms with E-state index >= 15 is 0 Å². The predicted octanol–water partition coefficient (Wildman–Crippen LogP) is 4.87. The van der Waals surface area contributed by atoms with E-state index in [2.05, 4.69) is 36.3 Å². The standard InChI is InChI=1S/C37H35BrN8O4/c1-22-15-25(9-11-30(22)38)36(49)44-21-32-33(35(48)41-17-26-7-4-5-8-29(26)34-39-13-6-14-40-34)46(37(50)45(32)18-23(44)2)28-10-12-31-27(16-28)20-43(42-31)19-24(3)47/h4-16,20,23-24,47H,17-19,21H2,1-3H3,(H,41,48)/t23?,24-/m1/s1. The molecule has 50 heavy (non-hydrogen) atoms. The van der Waals surface area contributed by atoms with E-state index in [1.807, 2.05) is 56.3 Å². The fourth-order valence-electron chi connectivity index (χ4n) is 6.46. The number of amides is 2. The summed E-state index contributed by atoms with van der Waals surface area (Å²) in [6.07, 6.45) is 4.54. The molecule has 3 aromatic heterocycles. The van der Waals surface area contributed by atoms with E-state index in [1.165, 1.54) is 4.57 Å². The molecule has 0 radical (unpaired) electrons. The highest BCUT2D eigenvalue weighted by atomic mass is 79.9. The van der Waals surface area contributed by atoms with Crippen molar-refractivity contribution in [3.63, 3.8) is 0 Å². The highest BCUT2D eigenvalue weighted by Gasteiger charge is 2.35. The van der Waals surface area contributed by atoms with Crippen molar-refractivity contribution < 1.29 is 14.7 Å². The SMILES string of the molecule is Cc1cc(C(=O)N2Cc3c(C(=O)NCc4ccccc4-c4ncccn4)n(-c4ccc5nn(C[C@@H](C)O)cc5c4)c(=O)n3CC2C)ccc1Br. The second-order valence-corrected chi connectivity index (χ2v) is 13.5. The number of fused-ring (bicyclic) bond motifs is 2. The smallest absolute Gasteiger partial charge is 0.333 e. The highest BCUT2D eigenvalue weighted by molar-refractivity contribution is 9.10. The van der Waals surface area contributed by atoms with Crippen LogP contribution in [0.2, 0.25) is 0 Å². The minimum absolute atomic E-state index is 0.0586. The second-order valence-electron chi connectivity index (χ2n) is 12.6. The number of halogens is 1. The lowest BCUT2D eigenvalue weighted by Gasteiger charge is -2.34. The van der Waals surface area contributed by atoms with Crippen LogP contribution in [-0.2, 0) is 26.2 Å². The minimum atomic E-state index is -0.590. The number of nitrogens with one attached hydrogen (secondary N) is 1. The van der Waals surface area contributed by atoms with E-state index in [9.17, 15) is 19.5 Å². The number of hydrogen-bond donors (Lipinski definition) is 2. The van der Waals surface area contributed by atoms with E-state index in [4.69, 9.17) is 0 Å². The van der Waals surface area contributed by atoms with Gasteiger partial charge in [0, 0.05) is 58.7 Å². The van der Waals surface area contributed by atoms with Crippen molar-refractivity contribution >= 4 is 38.6 Å². The number of aromatic nitrogens is 6. The summed E-state index contributed by atoms with van der Waals surface area (Å²) in [5.41, 5.74) is 4.42. The van der Waals surface area contributed by atoms with Crippen molar-refractivity contribution in [3.8, 4) is 17.1 Å². The number of hydrogen-bond acceptors (Lipinski definition) is 7. The van der Waals surface area contributed by atoms with Crippen LogP contribution < -0.4 is 11.0 Å². The summed E-state index contributed by atoms with van der Waals surface area (Å²) in [5, 5.41) is 18.2. The molecule has 1 aliphatic rings. The third-order valence-electron chi connectivity index (χ3n) is 8.93. The number of aryl methyl sites for hydroxylation is 1. The first-order valence-electron chi connectivity index (χ1n) is 16.3. The first kappa shape index (κ1) is 33.1. The summed E-state index contributed by atoms with van der Waals surface area (Å²) in [7, 11) is 0. The van der Waals surface area contributed by atoms with E-state index in [0.29, 0.717) is 34.8 Å². The number of aliphatic hydroxyl groups excluding tert-OH is 1. The van der Waals surface area contributed by atoms with Crippen molar-refractivity contribution in [2.45, 2.75) is 59.1 Å². The Hall–Kier alpha value is -5.40. The maximum atomic E-state index is 14.4. The number of imidazole rings is 1. The quantitative estimate of drug-likeness (QED) is 0.227. The number of carbonyl (C=O) groups is 2. The topological polar surface area (TPSA) is 140 Å². The Bertz CT molecular complexity index is 2310. The molecule has 2 N–H and O–H groups in total. The molecule has 13 heteroatoms. The van der Waals surface area contributed by atoms with E-state index in [-0.39, 0.29) is 43.0 Å². The Kier molecular flexibility index (Phi) is 8.93. The maximum Gasteiger partial charge on any atom is 0.333 e. The number of rotatable bonds is 8. The lowest BCUT2D eigenvalue weighted by Crippen LogP contribution is -2.47. The van der Waals surface area contributed by atoms with Crippen molar-refractivity contribution in [2.24, 2.45) is 0 Å². The van der Waals surface area contributed by atoms with Gasteiger partial charge in [-0.1, -0.05) is 40.2 Å². The molecule has 254 valence electrons. The molecule has 0 saturated carbocycles. The summed E-state index contributed by atoms with van der Waals surface area (Å²) >= 11 is 3.51. The third-order valence-corrected chi connectivity index (χ3v) is 9.82. The zero-order valence-corrected chi connectivity index (χ0v) is 29.3. The van der Waals surface area contributed by atoms with Gasteiger partial charge in [0.25, 0.3) is 11.8 Å². The van der Waals surface area contributed by atoms with Gasteiger partial charge in [-0.25, -0.2) is 14.8 Å². The van der Waals surface area contributed by atoms with Crippen LogP contribution >= 0.6 is 15.9 Å². The Morgan fingerprint density at radius 3 is 2.60 bits per heavy atom. The van der Waals surface area contributed by atoms with Gasteiger partial charge < -0.3 is 15.3 Å². The monoisotopic (exact) mass is 734 g/mol. The number of nitrogens with zero attached hydrogens (tertiary/aromatic N) is 7. The van der Waals surface area contributed by atoms with Crippen molar-refractivity contribution in [2.75, 3.05) is 0 Å². The molecule has 7 rings (SSSR count). The number of carbonyl (C=O) groups excluding carboxylic acids is 2. The summed E-state index contributed by atoms with van der Waals surface area (Å²) in [6, 6.07) is 19.8. The molecular formula is C37H35BrN8O4. The minimum Gasteiger partial charge on any atom is -0.391 e. The lowest BCUT2D eigenvalue weighted by atomic mass is 10.1. The van der Waals surface area contributed by atoms with Crippen LogP contribution in [0.25, 0.3) is 28.0 Å². The largest absolute Gasteiger partial charge is 0.391 e. The fourth-order valence-corrected chi connectivity index (χ4v) is 6.71. The average Bonchev–Trinajstić information content (AvgIpc) is 3.64. The van der Waals surface area contributed by atoms with Crippen LogP contribution in [0.3, 0.4) is 0 Å². The molecule has 4 heterocycles. The molecule has 2 atom stereocenters. The molecule has 12 nitrogen and oxygen atoms in total. The molecule has 0 bridgehead atoms. The van der Waals surface area contributed by atoms with Gasteiger partial charge in [0.1, 0.15) is 5.69 Å². The summed E-state index contributed by atoms with van der Waals surface area (Å²) in [6.45, 7) is 6.25. The van der Waals surface area contributed by atoms with Gasteiger partial charge in [-0.2, -0.15) is 5.10 Å². The molecule has 1 unspecified atom stereocenters. The van der Waals surface area contributed by atoms with Gasteiger partial charge in [0.15, 0.2) is 5.82 Å². The van der Waals surface area contributed by atoms with Crippen molar-refractivity contribution in [1.29, 1.82) is 0 Å². The first-order chi connectivity index (χ1) is 24.1. The van der Waals surface area contributed by atoms with Gasteiger partial charge in [-0.05, 0) is 74.4 Å². The zero-order valence-electron chi connectivity index (χ0n) is 27.7. The van der Waals surface area contributed by atoms with E-state index in [1.54, 1.807) is 63.9 Å². The summed E-state index contributed by atoms with van der Waals surface area (Å²) in [4.78, 5) is 53.1. The van der Waals surface area contributed by atoms with Crippen molar-refractivity contribution in [3.05, 3.63) is 128 Å². The van der Waals surface area contributed by atoms with Gasteiger partial charge in [0.05, 0.1) is 36.1 Å². The molecule has 1 aliphatic heterocycles. The Labute approximate surface area is 296 Å². The normalized spacial score (nSPS) is 14.8. The molecule has 0 spiro atoms. The summed E-state index contributed by atoms with van der Waals surface area (Å²) < 4.78 is 5.58. The van der Waals surface area contributed by atoms with Crippen LogP contribution in [0.1, 0.15) is 51.5 Å². The van der Waals surface area contributed by atoms with E-state index < -0.39 is 12.0 Å². The molecule has 0 fully saturated rings. The number of benzene rings is 3. The van der Waals surface area contributed by atoms with Gasteiger partial charge >= 0.3 is 5.69 Å². The molecular weight excluding hydrogens is 700 g/mol. The Morgan fingerprint density at radius 2 is 1.84 bits per heavy atom. The average molecular weight is 736 g/mol. The molecule has 2 amide bonds. The van der Waals surface area contributed by atoms with Gasteiger partial charge in [-0.3, -0.25) is 23.4 Å². The maximum absolute atomic E-state index is 14.4. The Morgan fingerprint density at radius 1 is 1.06 bits per heavy atom. The predicted molar refractivity (Wildman–Crippen MR) is 192 cm³/mol. The molecule has 6 aromatic rings. The van der Waals surface area contributed by atoms with Gasteiger partial charge in [0.2, 0.25) is 0 Å². The lowest BCUT2D eigenvalue weighted by molar-refractivity contribution is 0.0610. The highest BCUT2D eigenvalue weighted by Crippen LogP contribution is 2.27. The first-order valence-corrected chi connectivity index (χ1v) is 17.1. The zero-order chi connectivity index (χ0) is 35.1. The molecule has 0 saturated heterocycles. The van der Waals surface area contributed by atoms with Gasteiger partial charge in [-0.15, -0.1) is 0 Å². The Balaban J connectivity index is 1.30. The van der Waals surface area contributed by atoms with Crippen LogP contribution in [-0.4, -0.2) is 62.8 Å². The van der Waals surface area contributed by atoms with Crippen LogP contribution in [0.5, 0.6) is 0 Å². The van der Waals surface area contributed by atoms with Crippen LogP contribution in [0, 0.1) is 6.92 Å². The van der Waals surface area contributed by atoms with Crippen LogP contribution in [0.4, 0.5) is 0 Å². The van der Waals surface area contributed by atoms with Crippen LogP contribution in [0.15, 0.2) is 94.6 Å².